The Hall–Kier alpha value is -2.81. The summed E-state index contributed by atoms with van der Waals surface area (Å²) in [6, 6.07) is 19.4. The van der Waals surface area contributed by atoms with E-state index in [0.717, 1.165) is 34.2 Å². The summed E-state index contributed by atoms with van der Waals surface area (Å²) in [5, 5.41) is 5.02. The second-order valence-electron chi connectivity index (χ2n) is 5.81. The first-order chi connectivity index (χ1) is 11.7. The van der Waals surface area contributed by atoms with Crippen LogP contribution in [0.2, 0.25) is 0 Å². The Morgan fingerprint density at radius 1 is 1.04 bits per heavy atom. The molecule has 0 aliphatic rings. The molecule has 0 aliphatic heterocycles. The van der Waals surface area contributed by atoms with Crippen molar-refractivity contribution in [1.82, 2.24) is 0 Å². The monoisotopic (exact) mass is 319 g/mol. The third-order valence-corrected chi connectivity index (χ3v) is 3.95. The zero-order chi connectivity index (χ0) is 16.9. The van der Waals surface area contributed by atoms with Crippen LogP contribution in [-0.2, 0) is 0 Å². The summed E-state index contributed by atoms with van der Waals surface area (Å²) in [5.41, 5.74) is 2.47. The lowest BCUT2D eigenvalue weighted by Crippen LogP contribution is -2.13. The summed E-state index contributed by atoms with van der Waals surface area (Å²) >= 11 is 0. The standard InChI is InChI=1S/C21H21NO2/c1-3-13-24-17-11-12-20(15(2)14-17)22-21(23)19-10-6-8-16-7-4-5-9-18(16)19/h4-12,14H,3,13H2,1-2H3,(H,22,23). The SMILES string of the molecule is CCCOc1ccc(NC(=O)c2cccc3ccccc23)c(C)c1. The van der Waals surface area contributed by atoms with Gasteiger partial charge in [0.15, 0.2) is 0 Å². The highest BCUT2D eigenvalue weighted by molar-refractivity contribution is 6.13. The highest BCUT2D eigenvalue weighted by Crippen LogP contribution is 2.24. The molecule has 0 spiro atoms. The maximum atomic E-state index is 12.7. The highest BCUT2D eigenvalue weighted by atomic mass is 16.5. The van der Waals surface area contributed by atoms with Crippen LogP contribution in [0.3, 0.4) is 0 Å². The fraction of sp³-hybridized carbons (Fsp3) is 0.190. The van der Waals surface area contributed by atoms with E-state index < -0.39 is 0 Å². The number of hydrogen-bond acceptors (Lipinski definition) is 2. The first-order valence-electron chi connectivity index (χ1n) is 8.21. The number of benzene rings is 3. The van der Waals surface area contributed by atoms with Gasteiger partial charge in [-0.3, -0.25) is 4.79 Å². The third kappa shape index (κ3) is 3.40. The van der Waals surface area contributed by atoms with Gasteiger partial charge in [-0.05, 0) is 53.9 Å². The minimum Gasteiger partial charge on any atom is -0.494 e. The molecule has 3 aromatic rings. The predicted octanol–water partition coefficient (Wildman–Crippen LogP) is 5.19. The van der Waals surface area contributed by atoms with Crippen molar-refractivity contribution in [2.24, 2.45) is 0 Å². The Morgan fingerprint density at radius 3 is 2.62 bits per heavy atom. The number of nitrogens with one attached hydrogen (secondary N) is 1. The number of rotatable bonds is 5. The van der Waals surface area contributed by atoms with Gasteiger partial charge in [-0.25, -0.2) is 0 Å². The molecule has 3 heteroatoms. The van der Waals surface area contributed by atoms with Crippen molar-refractivity contribution in [1.29, 1.82) is 0 Å². The molecule has 1 N–H and O–H groups in total. The van der Waals surface area contributed by atoms with E-state index in [4.69, 9.17) is 4.74 Å². The van der Waals surface area contributed by atoms with Gasteiger partial charge in [0.05, 0.1) is 6.61 Å². The van der Waals surface area contributed by atoms with Crippen LogP contribution in [0, 0.1) is 6.92 Å². The normalized spacial score (nSPS) is 10.6. The zero-order valence-electron chi connectivity index (χ0n) is 14.0. The fourth-order valence-electron chi connectivity index (χ4n) is 2.70. The zero-order valence-corrected chi connectivity index (χ0v) is 14.0. The minimum atomic E-state index is -0.0999. The summed E-state index contributed by atoms with van der Waals surface area (Å²) in [7, 11) is 0. The number of hydrogen-bond donors (Lipinski definition) is 1. The van der Waals surface area contributed by atoms with Gasteiger partial charge in [0.1, 0.15) is 5.75 Å². The summed E-state index contributed by atoms with van der Waals surface area (Å²) in [6.45, 7) is 4.74. The smallest absolute Gasteiger partial charge is 0.256 e. The maximum Gasteiger partial charge on any atom is 0.256 e. The largest absolute Gasteiger partial charge is 0.494 e. The van der Waals surface area contributed by atoms with Gasteiger partial charge >= 0.3 is 0 Å². The van der Waals surface area contributed by atoms with Crippen LogP contribution in [0.25, 0.3) is 10.8 Å². The molecule has 0 saturated heterocycles. The summed E-state index contributed by atoms with van der Waals surface area (Å²) in [4.78, 5) is 12.7. The Morgan fingerprint density at radius 2 is 1.83 bits per heavy atom. The van der Waals surface area contributed by atoms with Gasteiger partial charge in [0.25, 0.3) is 5.91 Å². The summed E-state index contributed by atoms with van der Waals surface area (Å²) < 4.78 is 5.63. The number of amides is 1. The van der Waals surface area contributed by atoms with Crippen molar-refractivity contribution >= 4 is 22.4 Å². The van der Waals surface area contributed by atoms with E-state index in [1.165, 1.54) is 0 Å². The van der Waals surface area contributed by atoms with Crippen LogP contribution in [0.1, 0.15) is 29.3 Å². The number of fused-ring (bicyclic) bond motifs is 1. The summed E-state index contributed by atoms with van der Waals surface area (Å²) in [5.74, 6) is 0.731. The van der Waals surface area contributed by atoms with Gasteiger partial charge in [-0.2, -0.15) is 0 Å². The topological polar surface area (TPSA) is 38.3 Å². The molecular formula is C21H21NO2. The fourth-order valence-corrected chi connectivity index (χ4v) is 2.70. The van der Waals surface area contributed by atoms with E-state index in [1.54, 1.807) is 0 Å². The first kappa shape index (κ1) is 16.1. The van der Waals surface area contributed by atoms with E-state index in [0.29, 0.717) is 12.2 Å². The van der Waals surface area contributed by atoms with Crippen molar-refractivity contribution in [2.45, 2.75) is 20.3 Å². The molecule has 3 nitrogen and oxygen atoms in total. The second-order valence-corrected chi connectivity index (χ2v) is 5.81. The predicted molar refractivity (Wildman–Crippen MR) is 98.9 cm³/mol. The first-order valence-corrected chi connectivity index (χ1v) is 8.21. The van der Waals surface area contributed by atoms with Crippen molar-refractivity contribution < 1.29 is 9.53 Å². The molecule has 122 valence electrons. The summed E-state index contributed by atoms with van der Waals surface area (Å²) in [6.07, 6.45) is 0.971. The molecule has 24 heavy (non-hydrogen) atoms. The quantitative estimate of drug-likeness (QED) is 0.703. The molecule has 3 rings (SSSR count). The average molecular weight is 319 g/mol. The lowest BCUT2D eigenvalue weighted by atomic mass is 10.0. The molecule has 0 atom stereocenters. The lowest BCUT2D eigenvalue weighted by molar-refractivity contribution is 0.102. The Labute approximate surface area is 142 Å². The molecule has 0 fully saturated rings. The van der Waals surface area contributed by atoms with Crippen LogP contribution in [0.15, 0.2) is 60.7 Å². The molecule has 0 saturated carbocycles. The van der Waals surface area contributed by atoms with Gasteiger partial charge < -0.3 is 10.1 Å². The molecule has 0 bridgehead atoms. The molecule has 3 aromatic carbocycles. The van der Waals surface area contributed by atoms with Crippen LogP contribution < -0.4 is 10.1 Å². The van der Waals surface area contributed by atoms with E-state index in [2.05, 4.69) is 12.2 Å². The lowest BCUT2D eigenvalue weighted by Gasteiger charge is -2.12. The van der Waals surface area contributed by atoms with E-state index in [9.17, 15) is 4.79 Å². The Kier molecular flexibility index (Phi) is 4.80. The van der Waals surface area contributed by atoms with Crippen molar-refractivity contribution in [2.75, 3.05) is 11.9 Å². The molecule has 0 heterocycles. The second kappa shape index (κ2) is 7.18. The number of carbonyl (C=O) groups excluding carboxylic acids is 1. The van der Waals surface area contributed by atoms with Gasteiger partial charge in [-0.15, -0.1) is 0 Å². The van der Waals surface area contributed by atoms with Gasteiger partial charge in [-0.1, -0.05) is 43.3 Å². The maximum absolute atomic E-state index is 12.7. The molecular weight excluding hydrogens is 298 g/mol. The molecule has 0 unspecified atom stereocenters. The number of anilines is 1. The van der Waals surface area contributed by atoms with Crippen molar-refractivity contribution in [3.05, 3.63) is 71.8 Å². The molecule has 1 amide bonds. The van der Waals surface area contributed by atoms with Crippen molar-refractivity contribution in [3.8, 4) is 5.75 Å². The van der Waals surface area contributed by atoms with Crippen LogP contribution in [0.4, 0.5) is 5.69 Å². The van der Waals surface area contributed by atoms with Crippen molar-refractivity contribution in [3.63, 3.8) is 0 Å². The van der Waals surface area contributed by atoms with E-state index in [-0.39, 0.29) is 5.91 Å². The molecule has 0 aromatic heterocycles. The van der Waals surface area contributed by atoms with Crippen LogP contribution >= 0.6 is 0 Å². The average Bonchev–Trinajstić information content (AvgIpc) is 2.61. The highest BCUT2D eigenvalue weighted by Gasteiger charge is 2.11. The third-order valence-electron chi connectivity index (χ3n) is 3.95. The molecule has 0 aliphatic carbocycles. The Bertz CT molecular complexity index is 865. The van der Waals surface area contributed by atoms with Crippen LogP contribution in [-0.4, -0.2) is 12.5 Å². The number of ether oxygens (including phenoxy) is 1. The molecule has 0 radical (unpaired) electrons. The van der Waals surface area contributed by atoms with E-state index >= 15 is 0 Å². The van der Waals surface area contributed by atoms with Gasteiger partial charge in [0, 0.05) is 11.3 Å². The van der Waals surface area contributed by atoms with Crippen LogP contribution in [0.5, 0.6) is 5.75 Å². The van der Waals surface area contributed by atoms with Gasteiger partial charge in [0.2, 0.25) is 0 Å². The number of carbonyl (C=O) groups is 1. The van der Waals surface area contributed by atoms with E-state index in [1.807, 2.05) is 67.6 Å². The minimum absolute atomic E-state index is 0.0999. The Balaban J connectivity index is 1.84. The number of aryl methyl sites for hydroxylation is 1.